The summed E-state index contributed by atoms with van der Waals surface area (Å²) in [5.41, 5.74) is 4.71. The largest absolute Gasteiger partial charge is 0.481 e. The van der Waals surface area contributed by atoms with Crippen molar-refractivity contribution >= 4 is 18.0 Å². The van der Waals surface area contributed by atoms with Gasteiger partial charge in [-0.05, 0) is 48.4 Å². The Bertz CT molecular complexity index is 913. The molecule has 7 nitrogen and oxygen atoms in total. The second kappa shape index (κ2) is 11.3. The van der Waals surface area contributed by atoms with Crippen molar-refractivity contribution in [2.24, 2.45) is 0 Å². The molecule has 1 aliphatic rings. The molecule has 0 radical (unpaired) electrons. The maximum atomic E-state index is 12.3. The molecular formula is C25H30N2O5. The van der Waals surface area contributed by atoms with Gasteiger partial charge in [0, 0.05) is 31.3 Å². The average molecular weight is 439 g/mol. The summed E-state index contributed by atoms with van der Waals surface area (Å²) in [6, 6.07) is 16.3. The van der Waals surface area contributed by atoms with E-state index in [1.54, 1.807) is 0 Å². The van der Waals surface area contributed by atoms with Gasteiger partial charge in [-0.1, -0.05) is 48.5 Å². The van der Waals surface area contributed by atoms with Crippen LogP contribution in [0.25, 0.3) is 11.1 Å². The number of carbonyl (C=O) groups excluding carboxylic acids is 2. The van der Waals surface area contributed by atoms with Crippen molar-refractivity contribution in [2.45, 2.75) is 51.0 Å². The number of carbonyl (C=O) groups is 3. The van der Waals surface area contributed by atoms with Crippen LogP contribution in [0.3, 0.4) is 0 Å². The first-order valence-electron chi connectivity index (χ1n) is 11.1. The Balaban J connectivity index is 1.38. The highest BCUT2D eigenvalue weighted by Gasteiger charge is 2.29. The van der Waals surface area contributed by atoms with Gasteiger partial charge in [0.2, 0.25) is 5.91 Å². The van der Waals surface area contributed by atoms with Gasteiger partial charge >= 0.3 is 12.1 Å². The monoisotopic (exact) mass is 438 g/mol. The van der Waals surface area contributed by atoms with E-state index in [4.69, 9.17) is 9.84 Å². The molecule has 1 unspecified atom stereocenters. The number of carboxylic acid groups (broad SMARTS) is 1. The molecule has 3 rings (SSSR count). The molecule has 2 aromatic rings. The van der Waals surface area contributed by atoms with E-state index in [2.05, 4.69) is 34.9 Å². The van der Waals surface area contributed by atoms with E-state index >= 15 is 0 Å². The SMILES string of the molecule is CC(CCCC(=O)NCCCC(=O)O)NC(=O)OCC1c2ccccc2-c2ccccc21. The molecule has 0 bridgehead atoms. The van der Waals surface area contributed by atoms with E-state index in [0.29, 0.717) is 32.2 Å². The number of carboxylic acids is 1. The van der Waals surface area contributed by atoms with Crippen molar-refractivity contribution in [3.05, 3.63) is 59.7 Å². The second-order valence-electron chi connectivity index (χ2n) is 8.11. The highest BCUT2D eigenvalue weighted by atomic mass is 16.5. The predicted molar refractivity (Wildman–Crippen MR) is 121 cm³/mol. The smallest absolute Gasteiger partial charge is 0.407 e. The Hall–Kier alpha value is -3.35. The van der Waals surface area contributed by atoms with Crippen molar-refractivity contribution in [3.63, 3.8) is 0 Å². The van der Waals surface area contributed by atoms with Gasteiger partial charge in [0.05, 0.1) is 0 Å². The van der Waals surface area contributed by atoms with Crippen LogP contribution in [-0.2, 0) is 14.3 Å². The minimum Gasteiger partial charge on any atom is -0.481 e. The maximum Gasteiger partial charge on any atom is 0.407 e. The number of amides is 2. The van der Waals surface area contributed by atoms with Crippen LogP contribution >= 0.6 is 0 Å². The number of aliphatic carboxylic acids is 1. The Morgan fingerprint density at radius 2 is 1.59 bits per heavy atom. The van der Waals surface area contributed by atoms with E-state index in [9.17, 15) is 14.4 Å². The number of benzene rings is 2. The number of alkyl carbamates (subject to hydrolysis) is 1. The fraction of sp³-hybridized carbons (Fsp3) is 0.400. The summed E-state index contributed by atoms with van der Waals surface area (Å²) in [7, 11) is 0. The van der Waals surface area contributed by atoms with Gasteiger partial charge < -0.3 is 20.5 Å². The van der Waals surface area contributed by atoms with Crippen molar-refractivity contribution in [2.75, 3.05) is 13.2 Å². The van der Waals surface area contributed by atoms with Gasteiger partial charge in [0.1, 0.15) is 6.61 Å². The van der Waals surface area contributed by atoms with Crippen LogP contribution in [0.1, 0.15) is 56.1 Å². The van der Waals surface area contributed by atoms with Crippen LogP contribution in [0, 0.1) is 0 Å². The topological polar surface area (TPSA) is 105 Å². The molecule has 3 N–H and O–H groups in total. The number of nitrogens with one attached hydrogen (secondary N) is 2. The third kappa shape index (κ3) is 6.33. The second-order valence-corrected chi connectivity index (χ2v) is 8.11. The molecule has 0 saturated heterocycles. The zero-order valence-corrected chi connectivity index (χ0v) is 18.3. The van der Waals surface area contributed by atoms with E-state index in [1.165, 1.54) is 22.3 Å². The number of hydrogen-bond acceptors (Lipinski definition) is 4. The lowest BCUT2D eigenvalue weighted by molar-refractivity contribution is -0.137. The summed E-state index contributed by atoms with van der Waals surface area (Å²) >= 11 is 0. The summed E-state index contributed by atoms with van der Waals surface area (Å²) in [6.07, 6.45) is 1.60. The molecular weight excluding hydrogens is 408 g/mol. The van der Waals surface area contributed by atoms with Crippen molar-refractivity contribution < 1.29 is 24.2 Å². The van der Waals surface area contributed by atoms with Gasteiger partial charge in [-0.15, -0.1) is 0 Å². The molecule has 32 heavy (non-hydrogen) atoms. The Labute approximate surface area is 188 Å². The van der Waals surface area contributed by atoms with Gasteiger partial charge in [0.25, 0.3) is 0 Å². The fourth-order valence-electron chi connectivity index (χ4n) is 4.04. The third-order valence-corrected chi connectivity index (χ3v) is 5.64. The van der Waals surface area contributed by atoms with Gasteiger partial charge in [-0.2, -0.15) is 0 Å². The van der Waals surface area contributed by atoms with E-state index in [1.807, 2.05) is 31.2 Å². The van der Waals surface area contributed by atoms with Crippen molar-refractivity contribution in [1.82, 2.24) is 10.6 Å². The molecule has 1 aliphatic carbocycles. The third-order valence-electron chi connectivity index (χ3n) is 5.64. The summed E-state index contributed by atoms with van der Waals surface area (Å²) in [6.45, 7) is 2.51. The van der Waals surface area contributed by atoms with Gasteiger partial charge in [0.15, 0.2) is 0 Å². The Kier molecular flexibility index (Phi) is 8.25. The highest BCUT2D eigenvalue weighted by molar-refractivity contribution is 5.79. The van der Waals surface area contributed by atoms with Crippen LogP contribution in [-0.4, -0.2) is 42.3 Å². The minimum atomic E-state index is -0.868. The van der Waals surface area contributed by atoms with Crippen LogP contribution in [0.2, 0.25) is 0 Å². The number of ether oxygens (including phenoxy) is 1. The molecule has 0 spiro atoms. The van der Waals surface area contributed by atoms with E-state index in [0.717, 1.165) is 0 Å². The van der Waals surface area contributed by atoms with Gasteiger partial charge in [-0.3, -0.25) is 9.59 Å². The van der Waals surface area contributed by atoms with Crippen LogP contribution in [0.5, 0.6) is 0 Å². The quantitative estimate of drug-likeness (QED) is 0.459. The average Bonchev–Trinajstić information content (AvgIpc) is 3.09. The van der Waals surface area contributed by atoms with Gasteiger partial charge in [-0.25, -0.2) is 4.79 Å². The lowest BCUT2D eigenvalue weighted by Crippen LogP contribution is -2.34. The molecule has 0 aliphatic heterocycles. The zero-order chi connectivity index (χ0) is 22.9. The normalized spacial score (nSPS) is 13.0. The lowest BCUT2D eigenvalue weighted by atomic mass is 9.98. The predicted octanol–water partition coefficient (Wildman–Crippen LogP) is 4.06. The van der Waals surface area contributed by atoms with Crippen LogP contribution < -0.4 is 10.6 Å². The molecule has 2 aromatic carbocycles. The summed E-state index contributed by atoms with van der Waals surface area (Å²) in [5, 5.41) is 14.1. The Morgan fingerprint density at radius 3 is 2.22 bits per heavy atom. The fourth-order valence-corrected chi connectivity index (χ4v) is 4.04. The van der Waals surface area contributed by atoms with Crippen molar-refractivity contribution in [3.8, 4) is 11.1 Å². The molecule has 1 atom stereocenters. The summed E-state index contributed by atoms with van der Waals surface area (Å²) < 4.78 is 5.55. The number of rotatable bonds is 11. The van der Waals surface area contributed by atoms with Crippen molar-refractivity contribution in [1.29, 1.82) is 0 Å². The number of fused-ring (bicyclic) bond motifs is 3. The first-order valence-corrected chi connectivity index (χ1v) is 11.1. The first-order chi connectivity index (χ1) is 15.5. The number of hydrogen-bond donors (Lipinski definition) is 3. The molecule has 2 amide bonds. The first kappa shape index (κ1) is 23.3. The van der Waals surface area contributed by atoms with E-state index < -0.39 is 12.1 Å². The lowest BCUT2D eigenvalue weighted by Gasteiger charge is -2.17. The van der Waals surface area contributed by atoms with Crippen LogP contribution in [0.4, 0.5) is 4.79 Å². The molecule has 0 aromatic heterocycles. The zero-order valence-electron chi connectivity index (χ0n) is 18.3. The summed E-state index contributed by atoms with van der Waals surface area (Å²) in [5.74, 6) is -0.954. The highest BCUT2D eigenvalue weighted by Crippen LogP contribution is 2.44. The maximum absolute atomic E-state index is 12.3. The minimum absolute atomic E-state index is 0.0216. The molecule has 0 fully saturated rings. The summed E-state index contributed by atoms with van der Waals surface area (Å²) in [4.78, 5) is 34.5. The molecule has 170 valence electrons. The molecule has 0 heterocycles. The standard InChI is InChI=1S/C25H30N2O5/c1-17(8-6-13-23(28)26-15-7-14-24(29)30)27-25(31)32-16-22-20-11-4-2-9-18(20)19-10-3-5-12-21(19)22/h2-5,9-12,17,22H,6-8,13-16H2,1H3,(H,26,28)(H,27,31)(H,29,30). The Morgan fingerprint density at radius 1 is 0.969 bits per heavy atom. The molecule has 0 saturated carbocycles. The molecule has 7 heteroatoms. The van der Waals surface area contributed by atoms with Crippen LogP contribution in [0.15, 0.2) is 48.5 Å². The van der Waals surface area contributed by atoms with E-state index in [-0.39, 0.29) is 30.9 Å².